The molecular formula is C23H31N7O2. The molecule has 0 amide bonds. The lowest BCUT2D eigenvalue weighted by Crippen LogP contribution is -2.47. The number of likely N-dealkylation sites (N-methyl/N-ethyl adjacent to an activating group) is 1. The van der Waals surface area contributed by atoms with E-state index in [9.17, 15) is 4.79 Å². The van der Waals surface area contributed by atoms with Gasteiger partial charge in [-0.25, -0.2) is 4.68 Å². The number of fused-ring (bicyclic) bond motifs is 1. The highest BCUT2D eigenvalue weighted by atomic mass is 16.5. The molecule has 0 bridgehead atoms. The Bertz CT molecular complexity index is 1160. The van der Waals surface area contributed by atoms with Crippen molar-refractivity contribution >= 4 is 10.9 Å². The van der Waals surface area contributed by atoms with Crippen LogP contribution in [-0.4, -0.2) is 80.9 Å². The molecule has 170 valence electrons. The number of hydrogen-bond donors (Lipinski definition) is 1. The van der Waals surface area contributed by atoms with Crippen LogP contribution in [0.25, 0.3) is 10.9 Å². The standard InChI is InChI=1S/C23H31N7O2/c1-15-11-17-13-19(23(31)24-20(17)12-16(15)2)21(29-8-6-28(3)7-9-29)22-25-26-27-30(22)14-18-5-4-10-32-18/h11-13,18,21H,4-10,14H2,1-3H3,(H,24,31)/t18-,21-/m0/s1. The van der Waals surface area contributed by atoms with Gasteiger partial charge in [0.25, 0.3) is 5.56 Å². The first-order valence-electron chi connectivity index (χ1n) is 11.4. The van der Waals surface area contributed by atoms with Crippen molar-refractivity contribution in [3.8, 4) is 0 Å². The van der Waals surface area contributed by atoms with Crippen LogP contribution in [-0.2, 0) is 11.3 Å². The maximum atomic E-state index is 13.3. The number of H-pyrrole nitrogens is 1. The number of aryl methyl sites for hydroxylation is 2. The van der Waals surface area contributed by atoms with Gasteiger partial charge in [0, 0.05) is 43.9 Å². The van der Waals surface area contributed by atoms with E-state index in [2.05, 4.69) is 57.3 Å². The molecule has 9 heteroatoms. The van der Waals surface area contributed by atoms with Crippen molar-refractivity contribution in [3.63, 3.8) is 0 Å². The topological polar surface area (TPSA) is 92.2 Å². The van der Waals surface area contributed by atoms with E-state index in [0.29, 0.717) is 17.9 Å². The third-order valence-electron chi connectivity index (χ3n) is 6.89. The zero-order valence-electron chi connectivity index (χ0n) is 19.0. The van der Waals surface area contributed by atoms with Crippen LogP contribution in [0.5, 0.6) is 0 Å². The molecule has 4 heterocycles. The molecule has 2 saturated heterocycles. The summed E-state index contributed by atoms with van der Waals surface area (Å²) in [7, 11) is 2.13. The molecule has 9 nitrogen and oxygen atoms in total. The summed E-state index contributed by atoms with van der Waals surface area (Å²) in [5.41, 5.74) is 3.83. The third kappa shape index (κ3) is 4.07. The Kier molecular flexibility index (Phi) is 5.79. The Balaban J connectivity index is 1.60. The first-order valence-corrected chi connectivity index (χ1v) is 11.4. The monoisotopic (exact) mass is 437 g/mol. The molecule has 0 aliphatic carbocycles. The number of hydrogen-bond acceptors (Lipinski definition) is 7. The summed E-state index contributed by atoms with van der Waals surface area (Å²) in [6.07, 6.45) is 2.19. The van der Waals surface area contributed by atoms with Gasteiger partial charge in [-0.2, -0.15) is 0 Å². The highest BCUT2D eigenvalue weighted by molar-refractivity contribution is 5.81. The average molecular weight is 438 g/mol. The smallest absolute Gasteiger partial charge is 0.253 e. The molecule has 1 N–H and O–H groups in total. The van der Waals surface area contributed by atoms with Crippen molar-refractivity contribution < 1.29 is 4.74 Å². The molecule has 1 aromatic carbocycles. The van der Waals surface area contributed by atoms with E-state index in [-0.39, 0.29) is 17.7 Å². The summed E-state index contributed by atoms with van der Waals surface area (Å²) in [6.45, 7) is 9.12. The van der Waals surface area contributed by atoms with Gasteiger partial charge in [-0.05, 0) is 78.9 Å². The molecule has 32 heavy (non-hydrogen) atoms. The Morgan fingerprint density at radius 1 is 1.16 bits per heavy atom. The fourth-order valence-electron chi connectivity index (χ4n) is 4.79. The second-order valence-corrected chi connectivity index (χ2v) is 9.17. The van der Waals surface area contributed by atoms with Gasteiger partial charge in [0.05, 0.1) is 12.6 Å². The number of nitrogens with zero attached hydrogens (tertiary/aromatic N) is 6. The van der Waals surface area contributed by atoms with Crippen molar-refractivity contribution in [2.24, 2.45) is 0 Å². The lowest BCUT2D eigenvalue weighted by Gasteiger charge is -2.37. The predicted molar refractivity (Wildman–Crippen MR) is 122 cm³/mol. The number of aromatic nitrogens is 5. The van der Waals surface area contributed by atoms with Crippen molar-refractivity contribution in [1.29, 1.82) is 0 Å². The van der Waals surface area contributed by atoms with Crippen LogP contribution in [0.1, 0.15) is 41.4 Å². The van der Waals surface area contributed by atoms with Gasteiger partial charge in [-0.3, -0.25) is 9.69 Å². The summed E-state index contributed by atoms with van der Waals surface area (Å²) in [4.78, 5) is 21.1. The maximum absolute atomic E-state index is 13.3. The third-order valence-corrected chi connectivity index (χ3v) is 6.89. The molecule has 2 aliphatic heterocycles. The fourth-order valence-corrected chi connectivity index (χ4v) is 4.79. The normalized spacial score (nSPS) is 21.4. The summed E-state index contributed by atoms with van der Waals surface area (Å²) in [6, 6.07) is 5.90. The number of benzene rings is 1. The number of nitrogens with one attached hydrogen (secondary N) is 1. The number of piperazine rings is 1. The molecular weight excluding hydrogens is 406 g/mol. The van der Waals surface area contributed by atoms with Gasteiger partial charge in [-0.15, -0.1) is 5.10 Å². The maximum Gasteiger partial charge on any atom is 0.253 e. The number of pyridine rings is 1. The van der Waals surface area contributed by atoms with Gasteiger partial charge in [0.1, 0.15) is 6.04 Å². The molecule has 0 spiro atoms. The van der Waals surface area contributed by atoms with Gasteiger partial charge in [0.15, 0.2) is 5.82 Å². The van der Waals surface area contributed by atoms with Crippen LogP contribution in [0.2, 0.25) is 0 Å². The van der Waals surface area contributed by atoms with E-state index in [1.807, 2.05) is 16.8 Å². The second-order valence-electron chi connectivity index (χ2n) is 9.17. The number of aromatic amines is 1. The summed E-state index contributed by atoms with van der Waals surface area (Å²) in [5.74, 6) is 0.707. The molecule has 5 rings (SSSR count). The summed E-state index contributed by atoms with van der Waals surface area (Å²) >= 11 is 0. The minimum atomic E-state index is -0.310. The van der Waals surface area contributed by atoms with Crippen LogP contribution in [0.15, 0.2) is 23.0 Å². The molecule has 2 aromatic heterocycles. The quantitative estimate of drug-likeness (QED) is 0.649. The van der Waals surface area contributed by atoms with E-state index in [1.165, 1.54) is 5.56 Å². The van der Waals surface area contributed by atoms with Crippen molar-refractivity contribution in [2.45, 2.75) is 45.4 Å². The van der Waals surface area contributed by atoms with E-state index >= 15 is 0 Å². The molecule has 0 unspecified atom stereocenters. The Hall–Kier alpha value is -2.62. The highest BCUT2D eigenvalue weighted by Crippen LogP contribution is 2.29. The lowest BCUT2D eigenvalue weighted by molar-refractivity contribution is 0.0878. The van der Waals surface area contributed by atoms with Crippen LogP contribution < -0.4 is 5.56 Å². The van der Waals surface area contributed by atoms with Gasteiger partial charge in [0.2, 0.25) is 0 Å². The van der Waals surface area contributed by atoms with E-state index in [0.717, 1.165) is 62.1 Å². The lowest BCUT2D eigenvalue weighted by atomic mass is 10.00. The van der Waals surface area contributed by atoms with Gasteiger partial charge >= 0.3 is 0 Å². The molecule has 2 atom stereocenters. The van der Waals surface area contributed by atoms with Crippen LogP contribution >= 0.6 is 0 Å². The van der Waals surface area contributed by atoms with Gasteiger partial charge in [-0.1, -0.05) is 0 Å². The minimum Gasteiger partial charge on any atom is -0.376 e. The van der Waals surface area contributed by atoms with Gasteiger partial charge < -0.3 is 14.6 Å². The zero-order valence-corrected chi connectivity index (χ0v) is 19.0. The van der Waals surface area contributed by atoms with E-state index < -0.39 is 0 Å². The number of rotatable bonds is 5. The van der Waals surface area contributed by atoms with Crippen molar-refractivity contribution in [2.75, 3.05) is 39.8 Å². The first kappa shape index (κ1) is 21.2. The number of tetrazole rings is 1. The first-order chi connectivity index (χ1) is 15.5. The molecule has 2 aliphatic rings. The molecule has 0 saturated carbocycles. The SMILES string of the molecule is Cc1cc2cc([C@@H](c3nnnn3C[C@@H]3CCCO3)N3CCN(C)CC3)c(=O)[nH]c2cc1C. The van der Waals surface area contributed by atoms with Crippen molar-refractivity contribution in [1.82, 2.24) is 35.0 Å². The Morgan fingerprint density at radius 3 is 2.69 bits per heavy atom. The fraction of sp³-hybridized carbons (Fsp3) is 0.565. The molecule has 3 aromatic rings. The minimum absolute atomic E-state index is 0.0867. The van der Waals surface area contributed by atoms with Crippen LogP contribution in [0, 0.1) is 13.8 Å². The Morgan fingerprint density at radius 2 is 1.94 bits per heavy atom. The van der Waals surface area contributed by atoms with Crippen LogP contribution in [0.4, 0.5) is 0 Å². The average Bonchev–Trinajstić information content (AvgIpc) is 3.44. The largest absolute Gasteiger partial charge is 0.376 e. The second kappa shape index (κ2) is 8.73. The Labute approximate surface area is 187 Å². The van der Waals surface area contributed by atoms with E-state index in [4.69, 9.17) is 4.74 Å². The number of ether oxygens (including phenoxy) is 1. The highest BCUT2D eigenvalue weighted by Gasteiger charge is 2.33. The molecule has 2 fully saturated rings. The summed E-state index contributed by atoms with van der Waals surface area (Å²) < 4.78 is 7.66. The zero-order chi connectivity index (χ0) is 22.2. The molecule has 0 radical (unpaired) electrons. The van der Waals surface area contributed by atoms with Crippen LogP contribution in [0.3, 0.4) is 0 Å². The van der Waals surface area contributed by atoms with Crippen molar-refractivity contribution in [3.05, 3.63) is 51.1 Å². The van der Waals surface area contributed by atoms with E-state index in [1.54, 1.807) is 0 Å². The summed E-state index contributed by atoms with van der Waals surface area (Å²) in [5, 5.41) is 13.7. The predicted octanol–water partition coefficient (Wildman–Crippen LogP) is 1.65.